The highest BCUT2D eigenvalue weighted by atomic mass is 16.3. The highest BCUT2D eigenvalue weighted by Crippen LogP contribution is 2.65. The van der Waals surface area contributed by atoms with Crippen LogP contribution in [-0.4, -0.2) is 49.8 Å². The van der Waals surface area contributed by atoms with Gasteiger partial charge in [0, 0.05) is 80.4 Å². The van der Waals surface area contributed by atoms with Gasteiger partial charge in [-0.15, -0.1) is 0 Å². The fraction of sp³-hybridized carbons (Fsp3) is 0.111. The van der Waals surface area contributed by atoms with Gasteiger partial charge in [-0.25, -0.2) is 49.8 Å². The molecule has 0 amide bonds. The van der Waals surface area contributed by atoms with Gasteiger partial charge in [-0.3, -0.25) is 0 Å². The minimum atomic E-state index is -0.387. The molecule has 5 aliphatic rings. The maximum atomic E-state index is 5.89. The van der Waals surface area contributed by atoms with E-state index in [0.717, 1.165) is 67.3 Å². The summed E-state index contributed by atoms with van der Waals surface area (Å²) in [5.74, 6) is 0. The van der Waals surface area contributed by atoms with Gasteiger partial charge in [0.25, 0.3) is 0 Å². The fourth-order valence-corrected chi connectivity index (χ4v) is 21.3. The molecule has 0 fully saturated rings. The van der Waals surface area contributed by atoms with E-state index in [1.807, 2.05) is 67.0 Å². The van der Waals surface area contributed by atoms with Crippen LogP contribution in [0.1, 0.15) is 122 Å². The van der Waals surface area contributed by atoms with E-state index in [1.165, 1.54) is 161 Å². The molecule has 6 heterocycles. The summed E-state index contributed by atoms with van der Waals surface area (Å²) in [4.78, 5) is 42.4. The summed E-state index contributed by atoms with van der Waals surface area (Å²) in [6.07, 6.45) is 17.0. The summed E-state index contributed by atoms with van der Waals surface area (Å²) in [7, 11) is 0. The fourth-order valence-electron chi connectivity index (χ4n) is 21.3. The quantitative estimate of drug-likeness (QED) is 0.150. The second-order valence-corrected chi connectivity index (χ2v) is 34.8. The first kappa shape index (κ1) is 79.5. The minimum absolute atomic E-state index is 0.0156. The van der Waals surface area contributed by atoms with Crippen molar-refractivity contribution < 1.29 is 4.42 Å². The maximum Gasteiger partial charge on any atom is 0.135 e. The second kappa shape index (κ2) is 32.1. The number of hydrogen-bond acceptors (Lipinski definition) is 11. The summed E-state index contributed by atoms with van der Waals surface area (Å²) in [5.41, 5.74) is 47.8. The van der Waals surface area contributed by atoms with E-state index in [9.17, 15) is 0 Å². The van der Waals surface area contributed by atoms with Crippen molar-refractivity contribution in [3.05, 3.63) is 479 Å². The zero-order valence-electron chi connectivity index (χ0n) is 72.8. The van der Waals surface area contributed by atoms with E-state index in [2.05, 4.69) is 379 Å². The van der Waals surface area contributed by atoms with E-state index in [0.29, 0.717) is 0 Å². The van der Waals surface area contributed by atoms with E-state index < -0.39 is 0 Å². The Hall–Kier alpha value is -15.7. The van der Waals surface area contributed by atoms with Crippen LogP contribution in [0, 0.1) is 34.6 Å². The lowest BCUT2D eigenvalue weighted by Gasteiger charge is -2.34. The Kier molecular flexibility index (Phi) is 19.9. The first-order valence-corrected chi connectivity index (χ1v) is 43.7. The van der Waals surface area contributed by atoms with Crippen LogP contribution in [0.2, 0.25) is 0 Å². The second-order valence-electron chi connectivity index (χ2n) is 34.8. The highest BCUT2D eigenvalue weighted by molar-refractivity contribution is 6.08. The topological polar surface area (TPSA) is 142 Å². The molecule has 0 atom stereocenters. The first-order chi connectivity index (χ1) is 62.6. The molecular weight excluding hydrogens is 1560 g/mol. The van der Waals surface area contributed by atoms with Crippen LogP contribution in [0.25, 0.3) is 134 Å². The number of aryl methyl sites for hydroxylation is 5. The number of aromatic nitrogens is 10. The lowest BCUT2D eigenvalue weighted by Crippen LogP contribution is -2.28. The van der Waals surface area contributed by atoms with E-state index in [-0.39, 0.29) is 21.7 Å². The van der Waals surface area contributed by atoms with Crippen molar-refractivity contribution in [2.24, 2.45) is 0 Å². The molecule has 0 aliphatic heterocycles. The third-order valence-electron chi connectivity index (χ3n) is 27.0. The first-order valence-electron chi connectivity index (χ1n) is 43.7. The molecule has 0 N–H and O–H groups in total. The summed E-state index contributed by atoms with van der Waals surface area (Å²) < 4.78 is 5.89. The molecule has 25 rings (SSSR count). The van der Waals surface area contributed by atoms with Gasteiger partial charge < -0.3 is 4.42 Å². The SMILES string of the molecule is Cc1ccc(-c2ccncn2)c2c1-c1ccccc1C2(C)C.Cc1cccc2c1-c1ccc(-c3ccncn3)cc1C2(C)C.Cc1cccc2c1-c1ccc(-c3ccncn3)cc1C2(c1ccccc1)c1ccccc1.Cc1cccc2c1-c1ccc(-c3ccncn3)cc1C21c2ccccc2-c2ccccc21.Cc1cccc2oc3ccc(-c4ccncn4)cc3c12. The third kappa shape index (κ3) is 13.0. The van der Waals surface area contributed by atoms with Gasteiger partial charge in [0.15, 0.2) is 0 Å². The molecule has 11 heteroatoms. The Balaban J connectivity index is 0.0000000986. The zero-order valence-corrected chi connectivity index (χ0v) is 72.8. The zero-order chi connectivity index (χ0) is 87.0. The van der Waals surface area contributed by atoms with Gasteiger partial charge in [-0.05, 0) is 258 Å². The number of hydrogen-bond donors (Lipinski definition) is 0. The Labute approximate surface area is 745 Å². The largest absolute Gasteiger partial charge is 0.456 e. The smallest absolute Gasteiger partial charge is 0.135 e. The van der Waals surface area contributed by atoms with Gasteiger partial charge in [-0.2, -0.15) is 0 Å². The van der Waals surface area contributed by atoms with Crippen molar-refractivity contribution >= 4 is 21.9 Å². The monoisotopic (exact) mass is 1650 g/mol. The van der Waals surface area contributed by atoms with Gasteiger partial charge in [0.05, 0.1) is 39.3 Å². The molecule has 614 valence electrons. The summed E-state index contributed by atoms with van der Waals surface area (Å²) in [6.45, 7) is 20.2. The molecule has 11 nitrogen and oxygen atoms in total. The molecule has 128 heavy (non-hydrogen) atoms. The van der Waals surface area contributed by atoms with Crippen molar-refractivity contribution in [1.82, 2.24) is 49.8 Å². The van der Waals surface area contributed by atoms with Gasteiger partial charge >= 0.3 is 0 Å². The molecular formula is C117H90N10O. The lowest BCUT2D eigenvalue weighted by atomic mass is 9.67. The van der Waals surface area contributed by atoms with Crippen molar-refractivity contribution in [3.63, 3.8) is 0 Å². The van der Waals surface area contributed by atoms with Crippen LogP contribution in [0.4, 0.5) is 0 Å². The predicted octanol–water partition coefficient (Wildman–Crippen LogP) is 27.5. The van der Waals surface area contributed by atoms with Crippen LogP contribution in [-0.2, 0) is 21.7 Å². The number of rotatable bonds is 7. The number of benzene rings is 14. The number of fused-ring (bicyclic) bond motifs is 22. The van der Waals surface area contributed by atoms with Crippen LogP contribution in [0.3, 0.4) is 0 Å². The molecule has 20 aromatic rings. The molecule has 14 aromatic carbocycles. The maximum absolute atomic E-state index is 5.89. The molecule has 5 aliphatic carbocycles. The molecule has 6 aromatic heterocycles. The average molecular weight is 1650 g/mol. The van der Waals surface area contributed by atoms with Crippen LogP contribution >= 0.6 is 0 Å². The summed E-state index contributed by atoms with van der Waals surface area (Å²) >= 11 is 0. The van der Waals surface area contributed by atoms with Crippen LogP contribution < -0.4 is 0 Å². The molecule has 0 unspecified atom stereocenters. The molecule has 1 spiro atoms. The van der Waals surface area contributed by atoms with E-state index >= 15 is 0 Å². The minimum Gasteiger partial charge on any atom is -0.456 e. The van der Waals surface area contributed by atoms with Crippen molar-refractivity contribution in [2.75, 3.05) is 0 Å². The Morgan fingerprint density at radius 1 is 0.227 bits per heavy atom. The van der Waals surface area contributed by atoms with E-state index in [1.54, 1.807) is 50.2 Å². The summed E-state index contributed by atoms with van der Waals surface area (Å²) in [5, 5.41) is 2.31. The molecule has 0 saturated carbocycles. The average Bonchev–Trinajstić information content (AvgIpc) is 1.51. The third-order valence-corrected chi connectivity index (χ3v) is 27.0. The standard InChI is InChI=1S/C30H20N2.C30H22N2.2C20H18N2.C17H12N2O/c1-19-7-6-12-26-29(19)23-14-13-20(28-15-16-31-18-32-28)17-27(23)30(26)24-10-4-2-8-21(24)22-9-3-5-11-25(22)30;1-21-9-8-14-26-29(21)25-16-15-22(28-17-18-31-20-32-28)19-27(25)30(26,23-10-4-2-5-11-23)24-12-6-3-7-13-24;1-13-5-4-6-16-19(13)15-8-7-14(11-17(15)20(16,2)3)18-9-10-21-12-22-18;1-13-8-9-15(17-10-11-21-12-22-17)19-18(13)14-6-4-5-7-16(14)20(19,2)3;1-11-3-2-4-16-17(11)13-9-12(5-6-15(13)20-16)14-7-8-18-10-19-14/h2-18H,1H3;2-20H,1H3;2*4-12H,1-3H3;2-10H,1H3. The number of furan rings is 1. The highest BCUT2D eigenvalue weighted by Gasteiger charge is 2.53. The van der Waals surface area contributed by atoms with Crippen molar-refractivity contribution in [3.8, 4) is 112 Å². The van der Waals surface area contributed by atoms with E-state index in [4.69, 9.17) is 4.42 Å². The molecule has 0 radical (unpaired) electrons. The van der Waals surface area contributed by atoms with Gasteiger partial charge in [0.2, 0.25) is 0 Å². The number of nitrogens with zero attached hydrogens (tertiary/aromatic N) is 10. The van der Waals surface area contributed by atoms with Crippen molar-refractivity contribution in [2.45, 2.75) is 84.0 Å². The Morgan fingerprint density at radius 3 is 1.08 bits per heavy atom. The Morgan fingerprint density at radius 2 is 0.586 bits per heavy atom. The van der Waals surface area contributed by atoms with Crippen LogP contribution in [0.5, 0.6) is 0 Å². The normalized spacial score (nSPS) is 13.6. The lowest BCUT2D eigenvalue weighted by molar-refractivity contribution is 0.660. The van der Waals surface area contributed by atoms with Crippen molar-refractivity contribution in [1.29, 1.82) is 0 Å². The molecule has 0 bridgehead atoms. The van der Waals surface area contributed by atoms with Gasteiger partial charge in [-0.1, -0.05) is 276 Å². The summed E-state index contributed by atoms with van der Waals surface area (Å²) in [6, 6.07) is 115. The Bertz CT molecular complexity index is 7440. The van der Waals surface area contributed by atoms with Gasteiger partial charge in [0.1, 0.15) is 42.8 Å². The molecule has 0 saturated heterocycles. The predicted molar refractivity (Wildman–Crippen MR) is 517 cm³/mol. The van der Waals surface area contributed by atoms with Crippen LogP contribution in [0.15, 0.2) is 389 Å².